The Kier molecular flexibility index (Phi) is 4.03. The van der Waals surface area contributed by atoms with Crippen LogP contribution >= 0.6 is 0 Å². The number of aromatic nitrogens is 1. The van der Waals surface area contributed by atoms with Crippen molar-refractivity contribution in [1.29, 1.82) is 5.26 Å². The van der Waals surface area contributed by atoms with E-state index >= 15 is 0 Å². The first-order valence-electron chi connectivity index (χ1n) is 7.08. The summed E-state index contributed by atoms with van der Waals surface area (Å²) in [7, 11) is -3.75. The van der Waals surface area contributed by atoms with Gasteiger partial charge in [-0.05, 0) is 30.5 Å². The van der Waals surface area contributed by atoms with Gasteiger partial charge in [-0.15, -0.1) is 0 Å². The van der Waals surface area contributed by atoms with Crippen molar-refractivity contribution in [2.24, 2.45) is 0 Å². The van der Waals surface area contributed by atoms with Crippen molar-refractivity contribution in [3.05, 3.63) is 53.3 Å². The number of pyridine rings is 1. The van der Waals surface area contributed by atoms with Crippen molar-refractivity contribution >= 4 is 10.0 Å². The maximum absolute atomic E-state index is 12.4. The van der Waals surface area contributed by atoms with Crippen LogP contribution in [0.3, 0.4) is 0 Å². The molecule has 1 atom stereocenters. The number of ether oxygens (including phenoxy) is 1. The molecule has 7 heteroatoms. The van der Waals surface area contributed by atoms with E-state index in [0.29, 0.717) is 6.42 Å². The molecule has 1 aromatic heterocycles. The zero-order chi connectivity index (χ0) is 16.4. The number of para-hydroxylation sites is 1. The third kappa shape index (κ3) is 3.18. The van der Waals surface area contributed by atoms with E-state index < -0.39 is 10.0 Å². The molecular formula is C16H15N3O3S. The van der Waals surface area contributed by atoms with Crippen molar-refractivity contribution < 1.29 is 13.2 Å². The number of hydrogen-bond acceptors (Lipinski definition) is 5. The molecule has 0 aliphatic carbocycles. The molecule has 0 fully saturated rings. The fraction of sp³-hybridized carbons (Fsp3) is 0.250. The summed E-state index contributed by atoms with van der Waals surface area (Å²) in [6, 6.07) is 8.64. The topological polar surface area (TPSA) is 92.1 Å². The van der Waals surface area contributed by atoms with Crippen LogP contribution in [-0.2, 0) is 16.4 Å². The van der Waals surface area contributed by atoms with Gasteiger partial charge in [0.15, 0.2) is 0 Å². The lowest BCUT2D eigenvalue weighted by atomic mass is 10.0. The Morgan fingerprint density at radius 3 is 3.00 bits per heavy atom. The molecule has 0 saturated heterocycles. The van der Waals surface area contributed by atoms with Crippen LogP contribution in [0.2, 0.25) is 0 Å². The molecule has 118 valence electrons. The summed E-state index contributed by atoms with van der Waals surface area (Å²) in [5, 5.41) is 8.86. The van der Waals surface area contributed by atoms with E-state index in [1.807, 2.05) is 31.2 Å². The van der Waals surface area contributed by atoms with Crippen LogP contribution < -0.4 is 9.46 Å². The lowest BCUT2D eigenvalue weighted by Crippen LogP contribution is -2.42. The number of aryl methyl sites for hydroxylation is 1. The van der Waals surface area contributed by atoms with E-state index in [-0.39, 0.29) is 23.1 Å². The fourth-order valence-corrected chi connectivity index (χ4v) is 3.79. The lowest BCUT2D eigenvalue weighted by Gasteiger charge is -2.27. The summed E-state index contributed by atoms with van der Waals surface area (Å²) in [5.74, 6) is 0.830. The fourth-order valence-electron chi connectivity index (χ4n) is 2.58. The molecule has 1 N–H and O–H groups in total. The molecule has 2 heterocycles. The minimum Gasteiger partial charge on any atom is -0.491 e. The quantitative estimate of drug-likeness (QED) is 0.922. The standard InChI is InChI=1S/C16H15N3O3S/c1-11-3-2-4-13-6-14(10-22-16(11)13)19-23(20,21)15-5-12(7-17)8-18-9-15/h2-5,8-9,14,19H,6,10H2,1H3/t14-/m1/s1. The van der Waals surface area contributed by atoms with Crippen LogP contribution in [0, 0.1) is 18.3 Å². The van der Waals surface area contributed by atoms with Gasteiger partial charge in [0.25, 0.3) is 0 Å². The Balaban J connectivity index is 1.81. The SMILES string of the molecule is Cc1cccc2c1OC[C@H](NS(=O)(=O)c1cncc(C#N)c1)C2. The van der Waals surface area contributed by atoms with Crippen molar-refractivity contribution in [2.75, 3.05) is 6.61 Å². The Bertz CT molecular complexity index is 888. The van der Waals surface area contributed by atoms with Gasteiger partial charge in [0, 0.05) is 12.4 Å². The first kappa shape index (κ1) is 15.5. The van der Waals surface area contributed by atoms with Crippen LogP contribution in [0.4, 0.5) is 0 Å². The molecule has 0 saturated carbocycles. The zero-order valence-electron chi connectivity index (χ0n) is 12.5. The van der Waals surface area contributed by atoms with Gasteiger partial charge in [-0.1, -0.05) is 18.2 Å². The average Bonchev–Trinajstić information content (AvgIpc) is 2.54. The van der Waals surface area contributed by atoms with E-state index in [1.165, 1.54) is 18.5 Å². The Morgan fingerprint density at radius 1 is 1.39 bits per heavy atom. The van der Waals surface area contributed by atoms with Gasteiger partial charge in [0.1, 0.15) is 23.3 Å². The van der Waals surface area contributed by atoms with Gasteiger partial charge in [-0.3, -0.25) is 4.98 Å². The summed E-state index contributed by atoms with van der Waals surface area (Å²) in [6.45, 7) is 2.23. The van der Waals surface area contributed by atoms with Gasteiger partial charge in [-0.25, -0.2) is 13.1 Å². The number of nitrogens with zero attached hydrogens (tertiary/aromatic N) is 2. The first-order valence-corrected chi connectivity index (χ1v) is 8.56. The third-order valence-corrected chi connectivity index (χ3v) is 5.15. The van der Waals surface area contributed by atoms with Crippen molar-refractivity contribution in [1.82, 2.24) is 9.71 Å². The van der Waals surface area contributed by atoms with E-state index in [0.717, 1.165) is 16.9 Å². The number of nitrogens with one attached hydrogen (secondary N) is 1. The van der Waals surface area contributed by atoms with Gasteiger partial charge in [0.05, 0.1) is 11.6 Å². The Morgan fingerprint density at radius 2 is 2.22 bits per heavy atom. The molecule has 3 rings (SSSR count). The molecule has 6 nitrogen and oxygen atoms in total. The molecule has 1 aliphatic heterocycles. The molecule has 2 aromatic rings. The molecule has 0 unspecified atom stereocenters. The van der Waals surface area contributed by atoms with Crippen molar-refractivity contribution in [2.45, 2.75) is 24.3 Å². The first-order chi connectivity index (χ1) is 11.0. The van der Waals surface area contributed by atoms with Crippen LogP contribution in [0.15, 0.2) is 41.6 Å². The number of benzene rings is 1. The molecule has 23 heavy (non-hydrogen) atoms. The number of sulfonamides is 1. The maximum atomic E-state index is 12.4. The number of rotatable bonds is 3. The van der Waals surface area contributed by atoms with Crippen LogP contribution in [0.25, 0.3) is 0 Å². The molecular weight excluding hydrogens is 314 g/mol. The monoisotopic (exact) mass is 329 g/mol. The smallest absolute Gasteiger partial charge is 0.242 e. The predicted molar refractivity (Wildman–Crippen MR) is 83.4 cm³/mol. The summed E-state index contributed by atoms with van der Waals surface area (Å²) < 4.78 is 33.2. The Labute approximate surface area is 134 Å². The predicted octanol–water partition coefficient (Wildman–Crippen LogP) is 1.54. The molecule has 0 amide bonds. The molecule has 0 radical (unpaired) electrons. The second-order valence-electron chi connectivity index (χ2n) is 5.42. The normalized spacial score (nSPS) is 17.0. The second kappa shape index (κ2) is 5.99. The van der Waals surface area contributed by atoms with E-state index in [4.69, 9.17) is 10.00 Å². The summed E-state index contributed by atoms with van der Waals surface area (Å²) >= 11 is 0. The highest BCUT2D eigenvalue weighted by Gasteiger charge is 2.26. The highest BCUT2D eigenvalue weighted by atomic mass is 32.2. The van der Waals surface area contributed by atoms with Gasteiger partial charge >= 0.3 is 0 Å². The van der Waals surface area contributed by atoms with E-state index in [2.05, 4.69) is 9.71 Å². The van der Waals surface area contributed by atoms with Crippen molar-refractivity contribution in [3.8, 4) is 11.8 Å². The van der Waals surface area contributed by atoms with Gasteiger partial charge in [-0.2, -0.15) is 5.26 Å². The summed E-state index contributed by atoms with van der Waals surface area (Å²) in [6.07, 6.45) is 3.11. The minimum absolute atomic E-state index is 0.0217. The largest absolute Gasteiger partial charge is 0.491 e. The third-order valence-electron chi connectivity index (χ3n) is 3.66. The minimum atomic E-state index is -3.75. The zero-order valence-corrected chi connectivity index (χ0v) is 13.3. The molecule has 1 aliphatic rings. The van der Waals surface area contributed by atoms with Gasteiger partial charge in [0.2, 0.25) is 10.0 Å². The summed E-state index contributed by atoms with van der Waals surface area (Å²) in [4.78, 5) is 3.77. The number of hydrogen-bond donors (Lipinski definition) is 1. The maximum Gasteiger partial charge on any atom is 0.242 e. The second-order valence-corrected chi connectivity index (χ2v) is 7.13. The molecule has 1 aromatic carbocycles. The van der Waals surface area contributed by atoms with E-state index in [1.54, 1.807) is 0 Å². The number of fused-ring (bicyclic) bond motifs is 1. The molecule has 0 bridgehead atoms. The van der Waals surface area contributed by atoms with Gasteiger partial charge < -0.3 is 4.74 Å². The lowest BCUT2D eigenvalue weighted by molar-refractivity contribution is 0.252. The molecule has 0 spiro atoms. The Hall–Kier alpha value is -2.43. The average molecular weight is 329 g/mol. The highest BCUT2D eigenvalue weighted by molar-refractivity contribution is 7.89. The van der Waals surface area contributed by atoms with Crippen LogP contribution in [-0.4, -0.2) is 26.1 Å². The summed E-state index contributed by atoms with van der Waals surface area (Å²) in [5.41, 5.74) is 2.22. The van der Waals surface area contributed by atoms with E-state index in [9.17, 15) is 8.42 Å². The highest BCUT2D eigenvalue weighted by Crippen LogP contribution is 2.28. The van der Waals surface area contributed by atoms with Crippen molar-refractivity contribution in [3.63, 3.8) is 0 Å². The van der Waals surface area contributed by atoms with Crippen LogP contribution in [0.5, 0.6) is 5.75 Å². The number of nitriles is 1. The van der Waals surface area contributed by atoms with Crippen LogP contribution in [0.1, 0.15) is 16.7 Å².